The summed E-state index contributed by atoms with van der Waals surface area (Å²) in [7, 11) is 0. The quantitative estimate of drug-likeness (QED) is 0.583. The Morgan fingerprint density at radius 3 is 2.19 bits per heavy atom. The van der Waals surface area contributed by atoms with Crippen molar-refractivity contribution in [3.8, 4) is 0 Å². The molecule has 0 bridgehead atoms. The summed E-state index contributed by atoms with van der Waals surface area (Å²) in [6.07, 6.45) is 2.37. The number of ether oxygens (including phenoxy) is 1. The smallest absolute Gasteiger partial charge is 0.407 e. The summed E-state index contributed by atoms with van der Waals surface area (Å²) in [4.78, 5) is 48.7. The fraction of sp³-hybridized carbons (Fsp3) is 0.368. The summed E-state index contributed by atoms with van der Waals surface area (Å²) in [5, 5.41) is 12.0. The lowest BCUT2D eigenvalue weighted by Gasteiger charge is -2.21. The Morgan fingerprint density at radius 2 is 1.70 bits per heavy atom. The van der Waals surface area contributed by atoms with Crippen molar-refractivity contribution in [3.63, 3.8) is 0 Å². The van der Waals surface area contributed by atoms with Crippen LogP contribution in [0, 0.1) is 0 Å². The van der Waals surface area contributed by atoms with Gasteiger partial charge in [-0.25, -0.2) is 9.59 Å². The summed E-state index contributed by atoms with van der Waals surface area (Å²) >= 11 is 0. The Balaban J connectivity index is 1.97. The maximum Gasteiger partial charge on any atom is 0.407 e. The molecule has 3 amide bonds. The molecule has 144 valence electrons. The number of carboxylic acid groups (broad SMARTS) is 1. The van der Waals surface area contributed by atoms with Crippen LogP contribution < -0.4 is 5.32 Å². The molecule has 8 nitrogen and oxygen atoms in total. The van der Waals surface area contributed by atoms with Gasteiger partial charge >= 0.3 is 12.1 Å². The maximum atomic E-state index is 12.4. The molecule has 1 atom stereocenters. The van der Waals surface area contributed by atoms with E-state index in [1.165, 1.54) is 24.3 Å². The van der Waals surface area contributed by atoms with Gasteiger partial charge in [-0.05, 0) is 39.3 Å². The minimum atomic E-state index is -1.32. The summed E-state index contributed by atoms with van der Waals surface area (Å²) in [6.45, 7) is 5.34. The van der Waals surface area contributed by atoms with E-state index in [0.717, 1.165) is 4.90 Å². The Labute approximate surface area is 156 Å². The van der Waals surface area contributed by atoms with E-state index in [9.17, 15) is 24.3 Å². The van der Waals surface area contributed by atoms with E-state index in [1.807, 2.05) is 0 Å². The van der Waals surface area contributed by atoms with Gasteiger partial charge in [0.05, 0.1) is 11.1 Å². The lowest BCUT2D eigenvalue weighted by Crippen LogP contribution is -2.44. The molecule has 0 saturated carbocycles. The van der Waals surface area contributed by atoms with Crippen molar-refractivity contribution in [2.45, 2.75) is 38.8 Å². The number of amides is 3. The van der Waals surface area contributed by atoms with Crippen molar-refractivity contribution in [2.75, 3.05) is 6.54 Å². The number of carboxylic acids is 1. The van der Waals surface area contributed by atoms with Crippen LogP contribution in [0.5, 0.6) is 0 Å². The van der Waals surface area contributed by atoms with Gasteiger partial charge in [0, 0.05) is 6.54 Å². The van der Waals surface area contributed by atoms with Gasteiger partial charge in [0.1, 0.15) is 11.6 Å². The van der Waals surface area contributed by atoms with Crippen LogP contribution in [0.15, 0.2) is 36.4 Å². The predicted octanol–water partition coefficient (Wildman–Crippen LogP) is 2.21. The maximum absolute atomic E-state index is 12.4. The van der Waals surface area contributed by atoms with Crippen LogP contribution in [0.4, 0.5) is 4.79 Å². The molecule has 1 aromatic carbocycles. The van der Waals surface area contributed by atoms with Gasteiger partial charge in [0.2, 0.25) is 0 Å². The number of nitrogens with zero attached hydrogens (tertiary/aromatic N) is 1. The molecule has 1 unspecified atom stereocenters. The van der Waals surface area contributed by atoms with Gasteiger partial charge in [-0.1, -0.05) is 24.3 Å². The number of aliphatic carboxylic acids is 1. The second-order valence-electron chi connectivity index (χ2n) is 6.97. The normalized spacial score (nSPS) is 15.0. The van der Waals surface area contributed by atoms with Crippen molar-refractivity contribution >= 4 is 23.9 Å². The van der Waals surface area contributed by atoms with E-state index >= 15 is 0 Å². The first-order valence-corrected chi connectivity index (χ1v) is 8.43. The summed E-state index contributed by atoms with van der Waals surface area (Å²) in [5.74, 6) is -2.53. The standard InChI is InChI=1S/C19H22N2O6/c1-19(2,3)27-18(26)20-11-7-6-10-14(17(24)25)21-15(22)12-8-4-5-9-13(12)16(21)23/h4-9,14H,10-11H2,1-3H3,(H,20,26)(H,24,25)/b7-6+. The lowest BCUT2D eigenvalue weighted by molar-refractivity contribution is -0.141. The molecule has 0 aliphatic carbocycles. The molecular formula is C19H22N2O6. The van der Waals surface area contributed by atoms with Crippen LogP contribution in [0.3, 0.4) is 0 Å². The van der Waals surface area contributed by atoms with Crippen LogP contribution in [0.2, 0.25) is 0 Å². The largest absolute Gasteiger partial charge is 0.480 e. The second-order valence-corrected chi connectivity index (χ2v) is 6.97. The number of imide groups is 1. The molecule has 27 heavy (non-hydrogen) atoms. The molecule has 0 spiro atoms. The average Bonchev–Trinajstić information content (AvgIpc) is 2.81. The molecule has 1 aliphatic rings. The van der Waals surface area contributed by atoms with E-state index in [1.54, 1.807) is 32.9 Å². The summed E-state index contributed by atoms with van der Waals surface area (Å²) in [6, 6.07) is 4.90. The zero-order valence-corrected chi connectivity index (χ0v) is 15.4. The predicted molar refractivity (Wildman–Crippen MR) is 96.4 cm³/mol. The highest BCUT2D eigenvalue weighted by molar-refractivity contribution is 6.22. The molecule has 0 saturated heterocycles. The zero-order chi connectivity index (χ0) is 20.2. The molecule has 0 aromatic heterocycles. The van der Waals surface area contributed by atoms with E-state index in [4.69, 9.17) is 4.74 Å². The van der Waals surface area contributed by atoms with Gasteiger partial charge in [-0.15, -0.1) is 0 Å². The van der Waals surface area contributed by atoms with Gasteiger partial charge in [-0.3, -0.25) is 14.5 Å². The van der Waals surface area contributed by atoms with Crippen molar-refractivity contribution in [1.29, 1.82) is 0 Å². The lowest BCUT2D eigenvalue weighted by atomic mass is 10.1. The number of benzene rings is 1. The number of hydrogen-bond acceptors (Lipinski definition) is 5. The van der Waals surface area contributed by atoms with Crippen LogP contribution in [0.25, 0.3) is 0 Å². The third kappa shape index (κ3) is 4.93. The highest BCUT2D eigenvalue weighted by Gasteiger charge is 2.42. The highest BCUT2D eigenvalue weighted by Crippen LogP contribution is 2.25. The summed E-state index contributed by atoms with van der Waals surface area (Å²) in [5.41, 5.74) is -0.220. The topological polar surface area (TPSA) is 113 Å². The second kappa shape index (κ2) is 8.03. The molecule has 1 aromatic rings. The first-order valence-electron chi connectivity index (χ1n) is 8.43. The Kier molecular flexibility index (Phi) is 5.99. The third-order valence-electron chi connectivity index (χ3n) is 3.71. The van der Waals surface area contributed by atoms with Gasteiger partial charge < -0.3 is 15.2 Å². The average molecular weight is 374 g/mol. The number of nitrogens with one attached hydrogen (secondary N) is 1. The van der Waals surface area contributed by atoms with E-state index in [2.05, 4.69) is 5.32 Å². The monoisotopic (exact) mass is 374 g/mol. The number of carbonyl (C=O) groups excluding carboxylic acids is 3. The van der Waals surface area contributed by atoms with Gasteiger partial charge in [0.15, 0.2) is 0 Å². The summed E-state index contributed by atoms with van der Waals surface area (Å²) < 4.78 is 5.07. The SMILES string of the molecule is CC(C)(C)OC(=O)NC/C=C/CC(C(=O)O)N1C(=O)c2ccccc2C1=O. The number of hydrogen-bond donors (Lipinski definition) is 2. The molecule has 0 radical (unpaired) electrons. The van der Waals surface area contributed by atoms with E-state index in [0.29, 0.717) is 0 Å². The van der Waals surface area contributed by atoms with Crippen LogP contribution in [-0.4, -0.2) is 52.1 Å². The van der Waals surface area contributed by atoms with Crippen molar-refractivity contribution in [2.24, 2.45) is 0 Å². The number of rotatable bonds is 6. The van der Waals surface area contributed by atoms with Crippen molar-refractivity contribution in [3.05, 3.63) is 47.5 Å². The minimum absolute atomic E-state index is 0.0726. The fourth-order valence-electron chi connectivity index (χ4n) is 2.57. The number of alkyl carbamates (subject to hydrolysis) is 1. The first-order chi connectivity index (χ1) is 12.6. The molecule has 2 rings (SSSR count). The molecule has 0 fully saturated rings. The molecule has 8 heteroatoms. The molecule has 1 heterocycles. The van der Waals surface area contributed by atoms with Crippen molar-refractivity contribution < 1.29 is 29.0 Å². The molecule has 1 aliphatic heterocycles. The van der Waals surface area contributed by atoms with Crippen LogP contribution in [-0.2, 0) is 9.53 Å². The molecular weight excluding hydrogens is 352 g/mol. The van der Waals surface area contributed by atoms with Crippen LogP contribution >= 0.6 is 0 Å². The Morgan fingerprint density at radius 1 is 1.15 bits per heavy atom. The third-order valence-corrected chi connectivity index (χ3v) is 3.71. The highest BCUT2D eigenvalue weighted by atomic mass is 16.6. The van der Waals surface area contributed by atoms with E-state index < -0.39 is 35.5 Å². The van der Waals surface area contributed by atoms with E-state index in [-0.39, 0.29) is 24.1 Å². The van der Waals surface area contributed by atoms with Crippen LogP contribution in [0.1, 0.15) is 47.9 Å². The number of carbonyl (C=O) groups is 4. The van der Waals surface area contributed by atoms with Gasteiger partial charge in [0.25, 0.3) is 11.8 Å². The number of fused-ring (bicyclic) bond motifs is 1. The van der Waals surface area contributed by atoms with Crippen molar-refractivity contribution in [1.82, 2.24) is 10.2 Å². The Hall–Kier alpha value is -3.16. The first kappa shape index (κ1) is 20.2. The zero-order valence-electron chi connectivity index (χ0n) is 15.4. The Bertz CT molecular complexity index is 759. The molecule has 2 N–H and O–H groups in total. The fourth-order valence-corrected chi connectivity index (χ4v) is 2.57. The minimum Gasteiger partial charge on any atom is -0.480 e. The van der Waals surface area contributed by atoms with Gasteiger partial charge in [-0.2, -0.15) is 0 Å².